The molecule has 5 nitrogen and oxygen atoms in total. The third-order valence-corrected chi connectivity index (χ3v) is 6.10. The van der Waals surface area contributed by atoms with Gasteiger partial charge in [0.15, 0.2) is 0 Å². The minimum absolute atomic E-state index is 0.00429. The van der Waals surface area contributed by atoms with Crippen LogP contribution in [0.4, 0.5) is 0 Å². The van der Waals surface area contributed by atoms with E-state index in [0.29, 0.717) is 12.3 Å². The summed E-state index contributed by atoms with van der Waals surface area (Å²) in [7, 11) is 0. The van der Waals surface area contributed by atoms with Gasteiger partial charge in [-0.1, -0.05) is 23.8 Å². The number of carbonyl (C=O) groups is 1. The third kappa shape index (κ3) is 2.80. The molecule has 0 saturated heterocycles. The molecule has 1 aromatic heterocycles. The SMILES string of the molecule is CC(NC(=O)CC(C)n1nnc2ccccc21)C1CC2CCC1C2. The lowest BCUT2D eigenvalue weighted by molar-refractivity contribution is -0.122. The van der Waals surface area contributed by atoms with Crippen molar-refractivity contribution in [2.24, 2.45) is 17.8 Å². The summed E-state index contributed by atoms with van der Waals surface area (Å²) in [4.78, 5) is 12.5. The first kappa shape index (κ1) is 15.6. The predicted molar refractivity (Wildman–Crippen MR) is 93.4 cm³/mol. The summed E-state index contributed by atoms with van der Waals surface area (Å²) in [5.41, 5.74) is 1.86. The van der Waals surface area contributed by atoms with Crippen LogP contribution in [0.2, 0.25) is 0 Å². The largest absolute Gasteiger partial charge is 0.353 e. The Bertz CT molecular complexity index is 740. The van der Waals surface area contributed by atoms with E-state index < -0.39 is 0 Å². The highest BCUT2D eigenvalue weighted by Gasteiger charge is 2.42. The first-order chi connectivity index (χ1) is 11.6. The number of hydrogen-bond donors (Lipinski definition) is 1. The van der Waals surface area contributed by atoms with Gasteiger partial charge in [-0.2, -0.15) is 0 Å². The lowest BCUT2D eigenvalue weighted by Gasteiger charge is -2.29. The summed E-state index contributed by atoms with van der Waals surface area (Å²) >= 11 is 0. The van der Waals surface area contributed by atoms with Gasteiger partial charge in [0.1, 0.15) is 5.52 Å². The number of carbonyl (C=O) groups excluding carboxylic acids is 1. The Morgan fingerprint density at radius 3 is 2.88 bits per heavy atom. The van der Waals surface area contributed by atoms with E-state index in [9.17, 15) is 4.79 Å². The Balaban J connectivity index is 1.37. The van der Waals surface area contributed by atoms with Gasteiger partial charge in [0.05, 0.1) is 11.6 Å². The number of hydrogen-bond acceptors (Lipinski definition) is 3. The molecule has 2 bridgehead atoms. The van der Waals surface area contributed by atoms with Crippen LogP contribution >= 0.6 is 0 Å². The van der Waals surface area contributed by atoms with Crippen LogP contribution in [-0.4, -0.2) is 26.9 Å². The summed E-state index contributed by atoms with van der Waals surface area (Å²) in [5, 5.41) is 11.6. The highest BCUT2D eigenvalue weighted by atomic mass is 16.1. The molecule has 1 amide bonds. The fourth-order valence-electron chi connectivity index (χ4n) is 4.89. The quantitative estimate of drug-likeness (QED) is 0.917. The number of para-hydroxylation sites is 1. The number of nitrogens with one attached hydrogen (secondary N) is 1. The van der Waals surface area contributed by atoms with Crippen molar-refractivity contribution in [2.75, 3.05) is 0 Å². The van der Waals surface area contributed by atoms with Crippen molar-refractivity contribution in [3.8, 4) is 0 Å². The van der Waals surface area contributed by atoms with Gasteiger partial charge in [-0.05, 0) is 63.0 Å². The molecule has 2 aliphatic carbocycles. The lowest BCUT2D eigenvalue weighted by Crippen LogP contribution is -2.40. The predicted octanol–water partition coefficient (Wildman–Crippen LogP) is 3.32. The van der Waals surface area contributed by atoms with Crippen molar-refractivity contribution >= 4 is 16.9 Å². The normalized spacial score (nSPS) is 28.2. The van der Waals surface area contributed by atoms with Gasteiger partial charge in [0.25, 0.3) is 0 Å². The summed E-state index contributed by atoms with van der Waals surface area (Å²) in [6.45, 7) is 4.21. The Morgan fingerprint density at radius 2 is 2.12 bits per heavy atom. The monoisotopic (exact) mass is 326 g/mol. The third-order valence-electron chi connectivity index (χ3n) is 6.10. The summed E-state index contributed by atoms with van der Waals surface area (Å²) < 4.78 is 1.86. The van der Waals surface area contributed by atoms with E-state index >= 15 is 0 Å². The molecule has 24 heavy (non-hydrogen) atoms. The number of nitrogens with zero attached hydrogens (tertiary/aromatic N) is 3. The molecule has 2 aromatic rings. The molecule has 0 spiro atoms. The molecule has 5 heteroatoms. The van der Waals surface area contributed by atoms with Gasteiger partial charge >= 0.3 is 0 Å². The summed E-state index contributed by atoms with van der Waals surface area (Å²) in [6, 6.07) is 8.17. The maximum Gasteiger partial charge on any atom is 0.222 e. The minimum Gasteiger partial charge on any atom is -0.353 e. The fourth-order valence-corrected chi connectivity index (χ4v) is 4.89. The highest BCUT2D eigenvalue weighted by molar-refractivity contribution is 5.78. The Labute approximate surface area is 142 Å². The molecule has 1 N–H and O–H groups in total. The molecule has 4 rings (SSSR count). The zero-order chi connectivity index (χ0) is 16.7. The van der Waals surface area contributed by atoms with Crippen LogP contribution < -0.4 is 5.32 Å². The number of benzene rings is 1. The number of amides is 1. The van der Waals surface area contributed by atoms with Crippen molar-refractivity contribution in [1.82, 2.24) is 20.3 Å². The van der Waals surface area contributed by atoms with Crippen LogP contribution in [0.3, 0.4) is 0 Å². The standard InChI is InChI=1S/C19H26N4O/c1-12(23-18-6-4-3-5-17(18)21-22-23)9-19(24)20-13(2)16-11-14-7-8-15(16)10-14/h3-6,12-16H,7-11H2,1-2H3,(H,20,24). The van der Waals surface area contributed by atoms with Crippen molar-refractivity contribution in [3.63, 3.8) is 0 Å². The smallest absolute Gasteiger partial charge is 0.222 e. The average molecular weight is 326 g/mol. The van der Waals surface area contributed by atoms with Crippen LogP contribution in [0.15, 0.2) is 24.3 Å². The summed E-state index contributed by atoms with van der Waals surface area (Å²) in [5.74, 6) is 2.55. The molecule has 1 aromatic carbocycles. The highest BCUT2D eigenvalue weighted by Crippen LogP contribution is 2.49. The zero-order valence-electron chi connectivity index (χ0n) is 14.5. The number of aromatic nitrogens is 3. The second kappa shape index (κ2) is 6.19. The van der Waals surface area contributed by atoms with Crippen LogP contribution in [-0.2, 0) is 4.79 Å². The molecular weight excluding hydrogens is 300 g/mol. The Hall–Kier alpha value is -1.91. The van der Waals surface area contributed by atoms with Crippen LogP contribution in [0.5, 0.6) is 0 Å². The topological polar surface area (TPSA) is 59.8 Å². The molecule has 2 fully saturated rings. The minimum atomic E-state index is 0.00429. The van der Waals surface area contributed by atoms with Crippen LogP contribution in [0.25, 0.3) is 11.0 Å². The van der Waals surface area contributed by atoms with E-state index in [4.69, 9.17) is 0 Å². The average Bonchev–Trinajstić information content (AvgIpc) is 3.29. The zero-order valence-corrected chi connectivity index (χ0v) is 14.5. The van der Waals surface area contributed by atoms with Crippen LogP contribution in [0, 0.1) is 17.8 Å². The van der Waals surface area contributed by atoms with Crippen molar-refractivity contribution < 1.29 is 4.79 Å². The van der Waals surface area contributed by atoms with Crippen molar-refractivity contribution in [1.29, 1.82) is 0 Å². The van der Waals surface area contributed by atoms with E-state index in [-0.39, 0.29) is 18.0 Å². The van der Waals surface area contributed by atoms with Crippen molar-refractivity contribution in [2.45, 2.75) is 58.0 Å². The van der Waals surface area contributed by atoms with Crippen LogP contribution in [0.1, 0.15) is 52.0 Å². The van der Waals surface area contributed by atoms with Gasteiger partial charge in [-0.25, -0.2) is 4.68 Å². The number of fused-ring (bicyclic) bond motifs is 3. The molecule has 128 valence electrons. The van der Waals surface area contributed by atoms with E-state index in [1.54, 1.807) is 0 Å². The Morgan fingerprint density at radius 1 is 1.29 bits per heavy atom. The van der Waals surface area contributed by atoms with E-state index in [1.165, 1.54) is 25.7 Å². The van der Waals surface area contributed by atoms with E-state index in [2.05, 4.69) is 22.6 Å². The van der Waals surface area contributed by atoms with E-state index in [0.717, 1.165) is 22.9 Å². The summed E-state index contributed by atoms with van der Waals surface area (Å²) in [6.07, 6.45) is 5.88. The Kier molecular flexibility index (Phi) is 4.02. The molecule has 5 unspecified atom stereocenters. The second-order valence-electron chi connectivity index (χ2n) is 7.77. The molecule has 2 aliphatic rings. The first-order valence-corrected chi connectivity index (χ1v) is 9.21. The van der Waals surface area contributed by atoms with E-state index in [1.807, 2.05) is 35.9 Å². The maximum absolute atomic E-state index is 12.5. The maximum atomic E-state index is 12.5. The molecule has 1 heterocycles. The number of rotatable bonds is 5. The molecule has 2 saturated carbocycles. The van der Waals surface area contributed by atoms with Gasteiger partial charge in [-0.3, -0.25) is 4.79 Å². The fraction of sp³-hybridized carbons (Fsp3) is 0.632. The lowest BCUT2D eigenvalue weighted by atomic mass is 9.84. The first-order valence-electron chi connectivity index (χ1n) is 9.21. The molecule has 5 atom stereocenters. The van der Waals surface area contributed by atoms with Gasteiger partial charge in [-0.15, -0.1) is 5.10 Å². The molecular formula is C19H26N4O. The van der Waals surface area contributed by atoms with Gasteiger partial charge < -0.3 is 5.32 Å². The van der Waals surface area contributed by atoms with Gasteiger partial charge in [0.2, 0.25) is 5.91 Å². The molecule has 0 aliphatic heterocycles. The van der Waals surface area contributed by atoms with Crippen molar-refractivity contribution in [3.05, 3.63) is 24.3 Å². The molecule has 0 radical (unpaired) electrons. The second-order valence-corrected chi connectivity index (χ2v) is 7.77. The van der Waals surface area contributed by atoms with Gasteiger partial charge in [0, 0.05) is 12.5 Å².